The number of rotatable bonds is 3. The second-order valence-corrected chi connectivity index (χ2v) is 5.13. The van der Waals surface area contributed by atoms with Gasteiger partial charge >= 0.3 is 0 Å². The highest BCUT2D eigenvalue weighted by atomic mass is 16.2. The molecule has 1 saturated heterocycles. The Morgan fingerprint density at radius 3 is 2.74 bits per heavy atom. The van der Waals surface area contributed by atoms with Gasteiger partial charge < -0.3 is 15.2 Å². The molecule has 0 aliphatic carbocycles. The Hall–Kier alpha value is -1.81. The molecule has 2 aromatic rings. The number of aromatic nitrogens is 1. The van der Waals surface area contributed by atoms with Crippen molar-refractivity contribution in [2.24, 2.45) is 5.73 Å². The highest BCUT2D eigenvalue weighted by Crippen LogP contribution is 2.18. The summed E-state index contributed by atoms with van der Waals surface area (Å²) in [6, 6.07) is 8.23. The summed E-state index contributed by atoms with van der Waals surface area (Å²) in [6.45, 7) is 2.77. The molecule has 0 radical (unpaired) electrons. The van der Waals surface area contributed by atoms with E-state index in [1.165, 1.54) is 0 Å². The van der Waals surface area contributed by atoms with Gasteiger partial charge in [0.05, 0.1) is 0 Å². The molecule has 1 amide bonds. The van der Waals surface area contributed by atoms with Gasteiger partial charge in [0.1, 0.15) is 6.54 Å². The van der Waals surface area contributed by atoms with Crippen LogP contribution in [0.1, 0.15) is 18.4 Å². The standard InChI is InChI=1S/C15H19N3O/c16-10-12-3-4-13-5-8-18(14(13)9-12)11-15(19)17-6-1-2-7-17/h3-5,8-9H,1-2,6-7,10-11,16H2. The van der Waals surface area contributed by atoms with Gasteiger partial charge in [0.2, 0.25) is 5.91 Å². The number of hydrogen-bond acceptors (Lipinski definition) is 2. The van der Waals surface area contributed by atoms with Gasteiger partial charge in [0, 0.05) is 31.3 Å². The van der Waals surface area contributed by atoms with Gasteiger partial charge in [0.15, 0.2) is 0 Å². The monoisotopic (exact) mass is 257 g/mol. The number of hydrogen-bond donors (Lipinski definition) is 1. The first-order valence-corrected chi connectivity index (χ1v) is 6.83. The summed E-state index contributed by atoms with van der Waals surface area (Å²) in [6.07, 6.45) is 4.25. The third-order valence-corrected chi connectivity index (χ3v) is 3.84. The van der Waals surface area contributed by atoms with Gasteiger partial charge in [-0.1, -0.05) is 12.1 Å². The number of likely N-dealkylation sites (tertiary alicyclic amines) is 1. The molecular formula is C15H19N3O. The van der Waals surface area contributed by atoms with E-state index in [9.17, 15) is 4.79 Å². The molecule has 4 heteroatoms. The first-order valence-electron chi connectivity index (χ1n) is 6.83. The molecule has 3 rings (SSSR count). The van der Waals surface area contributed by atoms with Gasteiger partial charge in [-0.25, -0.2) is 0 Å². The summed E-state index contributed by atoms with van der Waals surface area (Å²) in [4.78, 5) is 14.1. The van der Waals surface area contributed by atoms with Crippen molar-refractivity contribution in [3.63, 3.8) is 0 Å². The molecule has 1 aliphatic rings. The number of fused-ring (bicyclic) bond motifs is 1. The molecule has 1 aliphatic heterocycles. The summed E-state index contributed by atoms with van der Waals surface area (Å²) >= 11 is 0. The minimum atomic E-state index is 0.216. The smallest absolute Gasteiger partial charge is 0.242 e. The van der Waals surface area contributed by atoms with E-state index in [0.29, 0.717) is 13.1 Å². The number of nitrogens with zero attached hydrogens (tertiary/aromatic N) is 2. The van der Waals surface area contributed by atoms with Crippen LogP contribution in [0.4, 0.5) is 0 Å². The lowest BCUT2D eigenvalue weighted by atomic mass is 10.1. The maximum atomic E-state index is 12.2. The molecule has 4 nitrogen and oxygen atoms in total. The van der Waals surface area contributed by atoms with Crippen LogP contribution >= 0.6 is 0 Å². The van der Waals surface area contributed by atoms with Gasteiger partial charge in [0.25, 0.3) is 0 Å². The lowest BCUT2D eigenvalue weighted by Gasteiger charge is -2.16. The maximum absolute atomic E-state index is 12.2. The summed E-state index contributed by atoms with van der Waals surface area (Å²) in [5.74, 6) is 0.216. The van der Waals surface area contributed by atoms with Crippen molar-refractivity contribution in [1.82, 2.24) is 9.47 Å². The van der Waals surface area contributed by atoms with Crippen molar-refractivity contribution in [2.75, 3.05) is 13.1 Å². The van der Waals surface area contributed by atoms with Crippen molar-refractivity contribution in [3.8, 4) is 0 Å². The van der Waals surface area contributed by atoms with Crippen molar-refractivity contribution in [2.45, 2.75) is 25.9 Å². The summed E-state index contributed by atoms with van der Waals surface area (Å²) < 4.78 is 2.02. The van der Waals surface area contributed by atoms with Crippen LogP contribution in [-0.2, 0) is 17.9 Å². The van der Waals surface area contributed by atoms with Crippen molar-refractivity contribution in [3.05, 3.63) is 36.0 Å². The van der Waals surface area contributed by atoms with Crippen LogP contribution in [0.5, 0.6) is 0 Å². The second kappa shape index (κ2) is 5.05. The van der Waals surface area contributed by atoms with E-state index >= 15 is 0 Å². The Balaban J connectivity index is 1.85. The number of benzene rings is 1. The van der Waals surface area contributed by atoms with E-state index < -0.39 is 0 Å². The van der Waals surface area contributed by atoms with Crippen molar-refractivity contribution < 1.29 is 4.79 Å². The van der Waals surface area contributed by atoms with E-state index in [0.717, 1.165) is 42.4 Å². The molecule has 100 valence electrons. The second-order valence-electron chi connectivity index (χ2n) is 5.13. The van der Waals surface area contributed by atoms with Crippen molar-refractivity contribution in [1.29, 1.82) is 0 Å². The third-order valence-electron chi connectivity index (χ3n) is 3.84. The highest BCUT2D eigenvalue weighted by molar-refractivity contribution is 5.84. The van der Waals surface area contributed by atoms with E-state index in [-0.39, 0.29) is 5.91 Å². The molecule has 1 fully saturated rings. The fourth-order valence-corrected chi connectivity index (χ4v) is 2.71. The molecule has 19 heavy (non-hydrogen) atoms. The topological polar surface area (TPSA) is 51.3 Å². The predicted octanol–water partition coefficient (Wildman–Crippen LogP) is 1.72. The number of amides is 1. The number of nitrogens with two attached hydrogens (primary N) is 1. The lowest BCUT2D eigenvalue weighted by molar-refractivity contribution is -0.130. The Kier molecular flexibility index (Phi) is 3.25. The lowest BCUT2D eigenvalue weighted by Crippen LogP contribution is -2.30. The van der Waals surface area contributed by atoms with Crippen LogP contribution in [-0.4, -0.2) is 28.5 Å². The minimum absolute atomic E-state index is 0.216. The zero-order valence-corrected chi connectivity index (χ0v) is 11.0. The number of carbonyl (C=O) groups excluding carboxylic acids is 1. The van der Waals surface area contributed by atoms with Crippen LogP contribution < -0.4 is 5.73 Å². The quantitative estimate of drug-likeness (QED) is 0.910. The van der Waals surface area contributed by atoms with Crippen LogP contribution in [0.15, 0.2) is 30.5 Å². The van der Waals surface area contributed by atoms with Crippen molar-refractivity contribution >= 4 is 16.8 Å². The van der Waals surface area contributed by atoms with Gasteiger partial charge in [-0.05, 0) is 35.9 Å². The van der Waals surface area contributed by atoms with Crippen LogP contribution in [0.3, 0.4) is 0 Å². The van der Waals surface area contributed by atoms with Gasteiger partial charge in [-0.3, -0.25) is 4.79 Å². The van der Waals surface area contributed by atoms with Crippen LogP contribution in [0.25, 0.3) is 10.9 Å². The molecular weight excluding hydrogens is 238 g/mol. The molecule has 0 atom stereocenters. The Morgan fingerprint density at radius 2 is 2.00 bits per heavy atom. The summed E-state index contributed by atoms with van der Waals surface area (Å²) in [5, 5.41) is 1.16. The molecule has 1 aromatic heterocycles. The van der Waals surface area contributed by atoms with Gasteiger partial charge in [-0.15, -0.1) is 0 Å². The molecule has 0 bridgehead atoms. The van der Waals surface area contributed by atoms with Crippen LogP contribution in [0.2, 0.25) is 0 Å². The maximum Gasteiger partial charge on any atom is 0.242 e. The highest BCUT2D eigenvalue weighted by Gasteiger charge is 2.18. The zero-order chi connectivity index (χ0) is 13.2. The van der Waals surface area contributed by atoms with E-state index in [1.807, 2.05) is 27.8 Å². The molecule has 2 N–H and O–H groups in total. The Labute approximate surface area is 112 Å². The minimum Gasteiger partial charge on any atom is -0.341 e. The third kappa shape index (κ3) is 2.36. The summed E-state index contributed by atoms with van der Waals surface area (Å²) in [5.41, 5.74) is 7.87. The Bertz CT molecular complexity index is 596. The molecule has 0 saturated carbocycles. The number of carbonyl (C=O) groups is 1. The fraction of sp³-hybridized carbons (Fsp3) is 0.400. The zero-order valence-electron chi connectivity index (χ0n) is 11.0. The predicted molar refractivity (Wildman–Crippen MR) is 75.6 cm³/mol. The molecule has 1 aromatic carbocycles. The van der Waals surface area contributed by atoms with Gasteiger partial charge in [-0.2, -0.15) is 0 Å². The fourth-order valence-electron chi connectivity index (χ4n) is 2.71. The molecule has 2 heterocycles. The largest absolute Gasteiger partial charge is 0.341 e. The molecule has 0 spiro atoms. The Morgan fingerprint density at radius 1 is 1.21 bits per heavy atom. The van der Waals surface area contributed by atoms with E-state index in [2.05, 4.69) is 12.1 Å². The normalized spacial score (nSPS) is 15.3. The SMILES string of the molecule is NCc1ccc2ccn(CC(=O)N3CCCC3)c2c1. The first kappa shape index (κ1) is 12.2. The van der Waals surface area contributed by atoms with Crippen LogP contribution in [0, 0.1) is 0 Å². The van der Waals surface area contributed by atoms with E-state index in [1.54, 1.807) is 0 Å². The average Bonchev–Trinajstić information content (AvgIpc) is 3.08. The molecule has 0 unspecified atom stereocenters. The average molecular weight is 257 g/mol. The van der Waals surface area contributed by atoms with E-state index in [4.69, 9.17) is 5.73 Å². The summed E-state index contributed by atoms with van der Waals surface area (Å²) in [7, 11) is 0. The first-order chi connectivity index (χ1) is 9.28.